The number of sulfonamides is 1. The SMILES string of the molecule is CCOc1cc2cc(-c3ccc(F)cc3)oc2cc1N(CC)S(C)(=O)=O. The van der Waals surface area contributed by atoms with Crippen LogP contribution in [0.4, 0.5) is 10.1 Å². The van der Waals surface area contributed by atoms with Gasteiger partial charge in [-0.05, 0) is 50.2 Å². The first kappa shape index (κ1) is 18.3. The van der Waals surface area contributed by atoms with Crippen LogP contribution in [0.2, 0.25) is 0 Å². The number of ether oxygens (including phenoxy) is 1. The number of benzene rings is 2. The molecule has 3 rings (SSSR count). The Morgan fingerprint density at radius 3 is 2.38 bits per heavy atom. The van der Waals surface area contributed by atoms with Gasteiger partial charge >= 0.3 is 0 Å². The molecule has 0 aliphatic carbocycles. The summed E-state index contributed by atoms with van der Waals surface area (Å²) in [6.07, 6.45) is 1.16. The van der Waals surface area contributed by atoms with Crippen molar-refractivity contribution >= 4 is 26.7 Å². The minimum absolute atomic E-state index is 0.274. The fraction of sp³-hybridized carbons (Fsp3) is 0.263. The molecule has 0 fully saturated rings. The summed E-state index contributed by atoms with van der Waals surface area (Å²) in [6.45, 7) is 4.27. The van der Waals surface area contributed by atoms with E-state index in [0.29, 0.717) is 29.4 Å². The lowest BCUT2D eigenvalue weighted by atomic mass is 10.1. The maximum atomic E-state index is 13.1. The molecule has 138 valence electrons. The molecule has 0 bridgehead atoms. The topological polar surface area (TPSA) is 59.8 Å². The zero-order chi connectivity index (χ0) is 18.9. The molecule has 1 heterocycles. The molecular weight excluding hydrogens is 357 g/mol. The van der Waals surface area contributed by atoms with Crippen molar-refractivity contribution in [3.8, 4) is 17.1 Å². The predicted octanol–water partition coefficient (Wildman–Crippen LogP) is 4.42. The van der Waals surface area contributed by atoms with Crippen LogP contribution in [0.1, 0.15) is 13.8 Å². The number of furan rings is 1. The quantitative estimate of drug-likeness (QED) is 0.638. The Labute approximate surface area is 152 Å². The lowest BCUT2D eigenvalue weighted by Crippen LogP contribution is -2.29. The zero-order valence-corrected chi connectivity index (χ0v) is 15.6. The Morgan fingerprint density at radius 2 is 1.81 bits per heavy atom. The second kappa shape index (κ2) is 6.99. The first-order chi connectivity index (χ1) is 12.3. The second-order valence-corrected chi connectivity index (χ2v) is 7.74. The van der Waals surface area contributed by atoms with E-state index in [0.717, 1.165) is 17.2 Å². The third-order valence-electron chi connectivity index (χ3n) is 3.98. The fourth-order valence-corrected chi connectivity index (χ4v) is 3.83. The van der Waals surface area contributed by atoms with E-state index in [9.17, 15) is 12.8 Å². The molecule has 0 amide bonds. The summed E-state index contributed by atoms with van der Waals surface area (Å²) >= 11 is 0. The molecule has 1 aromatic heterocycles. The third kappa shape index (κ3) is 3.53. The Morgan fingerprint density at radius 1 is 1.12 bits per heavy atom. The largest absolute Gasteiger partial charge is 0.492 e. The number of fused-ring (bicyclic) bond motifs is 1. The highest BCUT2D eigenvalue weighted by atomic mass is 32.2. The predicted molar refractivity (Wildman–Crippen MR) is 101 cm³/mol. The van der Waals surface area contributed by atoms with Gasteiger partial charge in [0.1, 0.15) is 22.9 Å². The number of halogens is 1. The highest BCUT2D eigenvalue weighted by molar-refractivity contribution is 7.92. The minimum atomic E-state index is -3.46. The summed E-state index contributed by atoms with van der Waals surface area (Å²) < 4.78 is 50.2. The van der Waals surface area contributed by atoms with E-state index in [1.165, 1.54) is 16.4 Å². The van der Waals surface area contributed by atoms with Gasteiger partial charge in [-0.1, -0.05) is 0 Å². The molecule has 2 aromatic carbocycles. The van der Waals surface area contributed by atoms with E-state index in [2.05, 4.69) is 0 Å². The van der Waals surface area contributed by atoms with Crippen LogP contribution in [-0.4, -0.2) is 27.8 Å². The molecule has 0 aliphatic heterocycles. The van der Waals surface area contributed by atoms with Crippen molar-refractivity contribution in [3.63, 3.8) is 0 Å². The Balaban J connectivity index is 2.16. The van der Waals surface area contributed by atoms with Crippen LogP contribution in [-0.2, 0) is 10.0 Å². The first-order valence-corrected chi connectivity index (χ1v) is 10.1. The van der Waals surface area contributed by atoms with Crippen molar-refractivity contribution in [2.75, 3.05) is 23.7 Å². The Kier molecular flexibility index (Phi) is 4.91. The van der Waals surface area contributed by atoms with Gasteiger partial charge in [-0.15, -0.1) is 0 Å². The molecule has 0 unspecified atom stereocenters. The summed E-state index contributed by atoms with van der Waals surface area (Å²) in [5, 5.41) is 0.779. The molecule has 0 spiro atoms. The van der Waals surface area contributed by atoms with E-state index < -0.39 is 10.0 Å². The van der Waals surface area contributed by atoms with Gasteiger partial charge in [0.05, 0.1) is 18.6 Å². The van der Waals surface area contributed by atoms with Crippen LogP contribution in [0.25, 0.3) is 22.3 Å². The van der Waals surface area contributed by atoms with Crippen molar-refractivity contribution in [2.24, 2.45) is 0 Å². The molecule has 0 atom stereocenters. The van der Waals surface area contributed by atoms with Crippen LogP contribution in [0.3, 0.4) is 0 Å². The maximum Gasteiger partial charge on any atom is 0.232 e. The van der Waals surface area contributed by atoms with Crippen LogP contribution in [0.15, 0.2) is 46.9 Å². The monoisotopic (exact) mass is 377 g/mol. The number of nitrogens with zero attached hydrogens (tertiary/aromatic N) is 1. The van der Waals surface area contributed by atoms with Crippen LogP contribution >= 0.6 is 0 Å². The fourth-order valence-electron chi connectivity index (χ4n) is 2.86. The van der Waals surface area contributed by atoms with Crippen molar-refractivity contribution in [1.82, 2.24) is 0 Å². The van der Waals surface area contributed by atoms with E-state index in [1.807, 2.05) is 13.0 Å². The van der Waals surface area contributed by atoms with E-state index in [-0.39, 0.29) is 12.4 Å². The van der Waals surface area contributed by atoms with Crippen molar-refractivity contribution in [3.05, 3.63) is 48.3 Å². The number of rotatable bonds is 6. The van der Waals surface area contributed by atoms with Crippen LogP contribution < -0.4 is 9.04 Å². The Hall–Kier alpha value is -2.54. The molecule has 5 nitrogen and oxygen atoms in total. The normalized spacial score (nSPS) is 11.7. The highest BCUT2D eigenvalue weighted by Crippen LogP contribution is 2.38. The highest BCUT2D eigenvalue weighted by Gasteiger charge is 2.22. The van der Waals surface area contributed by atoms with Gasteiger partial charge in [-0.3, -0.25) is 4.31 Å². The van der Waals surface area contributed by atoms with E-state index in [1.54, 1.807) is 31.2 Å². The van der Waals surface area contributed by atoms with E-state index in [4.69, 9.17) is 9.15 Å². The molecule has 0 saturated carbocycles. The third-order valence-corrected chi connectivity index (χ3v) is 5.24. The molecule has 0 aliphatic rings. The zero-order valence-electron chi connectivity index (χ0n) is 14.8. The number of anilines is 1. The smallest absolute Gasteiger partial charge is 0.232 e. The first-order valence-electron chi connectivity index (χ1n) is 8.27. The van der Waals surface area contributed by atoms with Gasteiger partial charge in [0, 0.05) is 23.6 Å². The summed E-state index contributed by atoms with van der Waals surface area (Å²) in [5.74, 6) is 0.721. The summed E-state index contributed by atoms with van der Waals surface area (Å²) in [5.41, 5.74) is 1.70. The van der Waals surface area contributed by atoms with Crippen molar-refractivity contribution in [2.45, 2.75) is 13.8 Å². The van der Waals surface area contributed by atoms with E-state index >= 15 is 0 Å². The van der Waals surface area contributed by atoms with Gasteiger partial charge in [-0.2, -0.15) is 0 Å². The molecule has 0 N–H and O–H groups in total. The lowest BCUT2D eigenvalue weighted by molar-refractivity contribution is 0.341. The van der Waals surface area contributed by atoms with Crippen molar-refractivity contribution < 1.29 is 22.0 Å². The molecule has 0 radical (unpaired) electrons. The van der Waals surface area contributed by atoms with Gasteiger partial charge in [0.15, 0.2) is 0 Å². The van der Waals surface area contributed by atoms with Crippen LogP contribution in [0.5, 0.6) is 5.75 Å². The van der Waals surface area contributed by atoms with Crippen LogP contribution in [0, 0.1) is 5.82 Å². The van der Waals surface area contributed by atoms with Gasteiger partial charge < -0.3 is 9.15 Å². The second-order valence-electron chi connectivity index (χ2n) is 5.84. The molecule has 26 heavy (non-hydrogen) atoms. The van der Waals surface area contributed by atoms with Gasteiger partial charge in [-0.25, -0.2) is 12.8 Å². The van der Waals surface area contributed by atoms with Crippen molar-refractivity contribution in [1.29, 1.82) is 0 Å². The number of hydrogen-bond acceptors (Lipinski definition) is 4. The standard InChI is InChI=1S/C19H20FNO4S/c1-4-21(26(3,22)23)16-12-18-14(11-19(16)24-5-2)10-17(25-18)13-6-8-15(20)9-7-13/h6-12H,4-5H2,1-3H3. The molecule has 7 heteroatoms. The average Bonchev–Trinajstić information content (AvgIpc) is 2.98. The summed E-state index contributed by atoms with van der Waals surface area (Å²) in [4.78, 5) is 0. The Bertz CT molecular complexity index is 1030. The molecule has 0 saturated heterocycles. The lowest BCUT2D eigenvalue weighted by Gasteiger charge is -2.23. The molecule has 3 aromatic rings. The molecular formula is C19H20FNO4S. The summed E-state index contributed by atoms with van der Waals surface area (Å²) in [7, 11) is -3.46. The maximum absolute atomic E-state index is 13.1. The number of hydrogen-bond donors (Lipinski definition) is 0. The summed E-state index contributed by atoms with van der Waals surface area (Å²) in [6, 6.07) is 11.2. The minimum Gasteiger partial charge on any atom is -0.492 e. The average molecular weight is 377 g/mol. The van der Waals surface area contributed by atoms with Gasteiger partial charge in [0.2, 0.25) is 10.0 Å². The van der Waals surface area contributed by atoms with Gasteiger partial charge in [0.25, 0.3) is 0 Å².